The summed E-state index contributed by atoms with van der Waals surface area (Å²) in [5, 5.41) is 3.92. The van der Waals surface area contributed by atoms with Crippen LogP contribution >= 0.6 is 11.3 Å². The zero-order valence-electron chi connectivity index (χ0n) is 23.2. The maximum atomic E-state index is 13.0. The summed E-state index contributed by atoms with van der Waals surface area (Å²) in [5.41, 5.74) is 4.01. The largest absolute Gasteiger partial charge is 0.493 e. The fraction of sp³-hybridized carbons (Fsp3) is 0.438. The highest BCUT2D eigenvalue weighted by molar-refractivity contribution is 7.17. The minimum atomic E-state index is 0.105. The molecule has 2 fully saturated rings. The van der Waals surface area contributed by atoms with Gasteiger partial charge in [-0.1, -0.05) is 43.9 Å². The zero-order chi connectivity index (χ0) is 27.4. The van der Waals surface area contributed by atoms with Gasteiger partial charge >= 0.3 is 0 Å². The number of nitrogens with one attached hydrogen (secondary N) is 1. The molecule has 6 nitrogen and oxygen atoms in total. The second kappa shape index (κ2) is 12.2. The molecule has 1 aliphatic carbocycles. The van der Waals surface area contributed by atoms with Gasteiger partial charge in [0.1, 0.15) is 17.6 Å². The Balaban J connectivity index is 1.10. The summed E-state index contributed by atoms with van der Waals surface area (Å²) in [6, 6.07) is 16.7. The third kappa shape index (κ3) is 7.21. The van der Waals surface area contributed by atoms with Crippen molar-refractivity contribution in [3.63, 3.8) is 0 Å². The number of rotatable bonds is 13. The topological polar surface area (TPSA) is 63.7 Å². The van der Waals surface area contributed by atoms with E-state index in [-0.39, 0.29) is 17.8 Å². The van der Waals surface area contributed by atoms with Crippen LogP contribution in [0.5, 0.6) is 11.5 Å². The lowest BCUT2D eigenvalue weighted by Crippen LogP contribution is -2.24. The van der Waals surface area contributed by atoms with Crippen LogP contribution < -0.4 is 19.7 Å². The molecule has 0 bridgehead atoms. The highest BCUT2D eigenvalue weighted by Gasteiger charge is 2.25. The number of hydrogen-bond donors (Lipinski definition) is 1. The summed E-state index contributed by atoms with van der Waals surface area (Å²) in [4.78, 5) is 20.6. The minimum Gasteiger partial charge on any atom is -0.493 e. The smallest absolute Gasteiger partial charge is 0.187 e. The second-order valence-corrected chi connectivity index (χ2v) is 11.8. The van der Waals surface area contributed by atoms with Crippen molar-refractivity contribution in [2.75, 3.05) is 29.9 Å². The van der Waals surface area contributed by atoms with Crippen molar-refractivity contribution in [3.05, 3.63) is 76.9 Å². The first-order valence-corrected chi connectivity index (χ1v) is 14.9. The number of carbonyl (C=O) groups is 1. The molecule has 206 valence electrons. The zero-order valence-corrected chi connectivity index (χ0v) is 24.1. The first kappa shape index (κ1) is 27.3. The van der Waals surface area contributed by atoms with E-state index in [2.05, 4.69) is 65.1 Å². The summed E-state index contributed by atoms with van der Waals surface area (Å²) in [6.45, 7) is 12.7. The lowest BCUT2D eigenvalue weighted by Gasteiger charge is -2.20. The molecular weight excluding hydrogens is 506 g/mol. The minimum absolute atomic E-state index is 0.105. The molecule has 1 aromatic heterocycles. The number of carbonyl (C=O) groups excluding carboxylic acids is 1. The van der Waals surface area contributed by atoms with Crippen LogP contribution in [0, 0.1) is 12.8 Å². The monoisotopic (exact) mass is 545 g/mol. The van der Waals surface area contributed by atoms with E-state index in [9.17, 15) is 4.79 Å². The number of allylic oxidation sites excluding steroid dienone is 1. The number of ketones is 1. The molecule has 2 atom stereocenters. The van der Waals surface area contributed by atoms with Gasteiger partial charge in [0.15, 0.2) is 10.9 Å². The van der Waals surface area contributed by atoms with E-state index in [0.29, 0.717) is 6.42 Å². The number of benzene rings is 2. The van der Waals surface area contributed by atoms with Crippen LogP contribution in [0.15, 0.2) is 60.8 Å². The van der Waals surface area contributed by atoms with E-state index in [1.54, 1.807) is 0 Å². The van der Waals surface area contributed by atoms with Gasteiger partial charge in [-0.2, -0.15) is 0 Å². The van der Waals surface area contributed by atoms with Crippen LogP contribution in [0.2, 0.25) is 0 Å². The third-order valence-electron chi connectivity index (χ3n) is 7.53. The van der Waals surface area contributed by atoms with E-state index in [1.807, 2.05) is 26.0 Å². The fourth-order valence-corrected chi connectivity index (χ4v) is 5.78. The molecule has 5 rings (SSSR count). The molecule has 1 unspecified atom stereocenters. The van der Waals surface area contributed by atoms with E-state index in [0.717, 1.165) is 76.9 Å². The Morgan fingerprint density at radius 2 is 1.85 bits per heavy atom. The van der Waals surface area contributed by atoms with Gasteiger partial charge in [-0.3, -0.25) is 4.79 Å². The van der Waals surface area contributed by atoms with E-state index in [1.165, 1.54) is 29.9 Å². The Morgan fingerprint density at radius 1 is 1.13 bits per heavy atom. The summed E-state index contributed by atoms with van der Waals surface area (Å²) < 4.78 is 12.2. The number of aryl methyl sites for hydroxylation is 1. The molecule has 2 heterocycles. The van der Waals surface area contributed by atoms with Crippen LogP contribution in [0.1, 0.15) is 72.8 Å². The molecule has 3 aromatic rings. The van der Waals surface area contributed by atoms with Crippen LogP contribution in [0.3, 0.4) is 0 Å². The van der Waals surface area contributed by atoms with E-state index in [4.69, 9.17) is 9.47 Å². The molecule has 39 heavy (non-hydrogen) atoms. The second-order valence-electron chi connectivity index (χ2n) is 10.8. The fourth-order valence-electron chi connectivity index (χ4n) is 4.81. The summed E-state index contributed by atoms with van der Waals surface area (Å²) in [7, 11) is 0. The Kier molecular flexibility index (Phi) is 8.56. The van der Waals surface area contributed by atoms with Crippen LogP contribution in [0.4, 0.5) is 10.8 Å². The molecule has 0 amide bonds. The predicted octanol–water partition coefficient (Wildman–Crippen LogP) is 7.61. The Morgan fingerprint density at radius 3 is 2.54 bits per heavy atom. The number of aromatic nitrogens is 1. The van der Waals surface area contributed by atoms with Crippen LogP contribution in [-0.4, -0.2) is 36.6 Å². The summed E-state index contributed by atoms with van der Waals surface area (Å²) in [6.07, 6.45) is 5.01. The van der Waals surface area contributed by atoms with Gasteiger partial charge in [-0.25, -0.2) is 4.98 Å². The van der Waals surface area contributed by atoms with Crippen molar-refractivity contribution < 1.29 is 14.3 Å². The number of Topliss-reactive ketones (excluding diaryl/α,β-unsaturated/α-hetero) is 1. The van der Waals surface area contributed by atoms with Crippen molar-refractivity contribution in [2.24, 2.45) is 5.92 Å². The number of hydrogen-bond acceptors (Lipinski definition) is 7. The Bertz CT molecular complexity index is 1280. The number of anilines is 2. The molecule has 1 saturated carbocycles. The maximum absolute atomic E-state index is 13.0. The van der Waals surface area contributed by atoms with Crippen molar-refractivity contribution in [2.45, 2.75) is 64.9 Å². The Hall–Kier alpha value is -3.32. The maximum Gasteiger partial charge on any atom is 0.187 e. The molecular formula is C32H39N3O3S. The average molecular weight is 546 g/mol. The van der Waals surface area contributed by atoms with Gasteiger partial charge in [0, 0.05) is 30.8 Å². The molecule has 1 saturated heterocycles. The van der Waals surface area contributed by atoms with Crippen molar-refractivity contribution in [3.8, 4) is 11.5 Å². The Labute approximate surface area is 236 Å². The van der Waals surface area contributed by atoms with E-state index < -0.39 is 0 Å². The number of nitrogens with zero attached hydrogens (tertiary/aromatic N) is 2. The van der Waals surface area contributed by atoms with Gasteiger partial charge in [0.05, 0.1) is 23.7 Å². The van der Waals surface area contributed by atoms with Crippen molar-refractivity contribution in [1.82, 2.24) is 4.98 Å². The number of thiazole rings is 1. The lowest BCUT2D eigenvalue weighted by atomic mass is 9.95. The van der Waals surface area contributed by atoms with Gasteiger partial charge in [0.25, 0.3) is 0 Å². The van der Waals surface area contributed by atoms with Crippen LogP contribution in [-0.2, 0) is 0 Å². The molecule has 2 aromatic carbocycles. The van der Waals surface area contributed by atoms with Crippen LogP contribution in [0.25, 0.3) is 0 Å². The average Bonchev–Trinajstić information content (AvgIpc) is 3.54. The van der Waals surface area contributed by atoms with Gasteiger partial charge in [-0.05, 0) is 80.0 Å². The quantitative estimate of drug-likeness (QED) is 0.223. The molecule has 1 N–H and O–H groups in total. The molecule has 0 radical (unpaired) electrons. The van der Waals surface area contributed by atoms with Gasteiger partial charge in [-0.15, -0.1) is 0 Å². The van der Waals surface area contributed by atoms with Crippen molar-refractivity contribution >= 4 is 27.9 Å². The van der Waals surface area contributed by atoms with Gasteiger partial charge in [0.2, 0.25) is 0 Å². The highest BCUT2D eigenvalue weighted by Crippen LogP contribution is 2.32. The van der Waals surface area contributed by atoms with Crippen molar-refractivity contribution in [1.29, 1.82) is 0 Å². The van der Waals surface area contributed by atoms with Gasteiger partial charge < -0.3 is 19.7 Å². The lowest BCUT2D eigenvalue weighted by molar-refractivity contribution is 0.0979. The first-order chi connectivity index (χ1) is 18.9. The summed E-state index contributed by atoms with van der Waals surface area (Å²) >= 11 is 1.41. The highest BCUT2D eigenvalue weighted by atomic mass is 32.1. The molecule has 1 aliphatic heterocycles. The molecule has 0 spiro atoms. The number of ether oxygens (including phenoxy) is 2. The molecule has 7 heteroatoms. The van der Waals surface area contributed by atoms with E-state index >= 15 is 0 Å². The standard InChI is InChI=1S/C32H39N3O3S/c1-5-22(3)33-32-34-23(4)31(39-32)30(36)18-21(2)25-8-12-28(13-9-25)38-29-16-17-35(19-29)26-10-14-27(15-11-26)37-20-24-6-7-24/h8-15,21,24,29H,3,5-7,16-20H2,1-2,4H3,(H,33,34)/t21-,29?/m1/s1. The molecule has 2 aliphatic rings. The third-order valence-corrected chi connectivity index (χ3v) is 8.65. The summed E-state index contributed by atoms with van der Waals surface area (Å²) in [5.74, 6) is 2.82. The SMILES string of the molecule is C=C(CC)Nc1nc(C)c(C(=O)C[C@@H](C)c2ccc(OC3CCN(c4ccc(OCC5CC5)cc4)C3)cc2)s1. The first-order valence-electron chi connectivity index (χ1n) is 14.1. The normalized spacial score (nSPS) is 17.6. The predicted molar refractivity (Wildman–Crippen MR) is 160 cm³/mol.